The second-order valence-corrected chi connectivity index (χ2v) is 29.9. The van der Waals surface area contributed by atoms with Gasteiger partial charge in [0.1, 0.15) is 19.3 Å². The van der Waals surface area contributed by atoms with Gasteiger partial charge in [0.15, 0.2) is 12.2 Å². The number of phosphoric acid groups is 2. The van der Waals surface area contributed by atoms with Crippen LogP contribution >= 0.6 is 15.6 Å². The summed E-state index contributed by atoms with van der Waals surface area (Å²) in [5.74, 6) is -2.21. The molecular formula is C83H146O17P2. The van der Waals surface area contributed by atoms with E-state index in [0.717, 1.165) is 193 Å². The third kappa shape index (κ3) is 74.3. The molecule has 0 aromatic rings. The van der Waals surface area contributed by atoms with E-state index in [1.165, 1.54) is 77.0 Å². The SMILES string of the molecule is CCC/C=C\C/C=C\CCCCCCCC(=O)OC(COC(=O)CCCCCCC/C=C\C/C=C\CCCCC)COP(=O)(O)OCC(O)COP(=O)(O)OCC(COC(=O)CCCCCCCC/C=C\C/C=C\C/C=C\CCCCC)OC(=O)CCCCCCC/C=C\CCCCCCCC. The molecule has 0 spiro atoms. The average molecular weight is 1480 g/mol. The van der Waals surface area contributed by atoms with Gasteiger partial charge in [0, 0.05) is 25.7 Å². The first-order valence-electron chi connectivity index (χ1n) is 40.5. The summed E-state index contributed by atoms with van der Waals surface area (Å²) in [6.07, 6.45) is 79.5. The molecule has 0 fully saturated rings. The normalized spacial score (nSPS) is 14.4. The van der Waals surface area contributed by atoms with Gasteiger partial charge in [-0.3, -0.25) is 37.3 Å². The van der Waals surface area contributed by atoms with Gasteiger partial charge in [0.05, 0.1) is 26.4 Å². The predicted molar refractivity (Wildman–Crippen MR) is 418 cm³/mol. The summed E-state index contributed by atoms with van der Waals surface area (Å²) in [4.78, 5) is 73.0. The molecule has 0 radical (unpaired) electrons. The number of aliphatic hydroxyl groups excluding tert-OH is 1. The summed E-state index contributed by atoms with van der Waals surface area (Å²) >= 11 is 0. The molecule has 0 amide bonds. The van der Waals surface area contributed by atoms with Crippen molar-refractivity contribution in [3.05, 3.63) is 97.2 Å². The minimum atomic E-state index is -4.98. The second kappa shape index (κ2) is 75.2. The van der Waals surface area contributed by atoms with Crippen LogP contribution < -0.4 is 0 Å². The Morgan fingerprint density at radius 3 is 0.804 bits per heavy atom. The molecule has 5 unspecified atom stereocenters. The maximum absolute atomic E-state index is 13.1. The number of unbranched alkanes of at least 4 members (excludes halogenated alkanes) is 34. The zero-order valence-corrected chi connectivity index (χ0v) is 66.3. The minimum Gasteiger partial charge on any atom is -0.462 e. The van der Waals surface area contributed by atoms with Crippen LogP contribution in [0.3, 0.4) is 0 Å². The van der Waals surface area contributed by atoms with Gasteiger partial charge in [0.25, 0.3) is 0 Å². The lowest BCUT2D eigenvalue weighted by atomic mass is 10.1. The highest BCUT2D eigenvalue weighted by molar-refractivity contribution is 7.47. The molecule has 0 aromatic heterocycles. The number of carbonyl (C=O) groups excluding carboxylic acids is 4. The summed E-state index contributed by atoms with van der Waals surface area (Å²) in [5, 5.41) is 10.6. The number of esters is 4. The number of carbonyl (C=O) groups is 4. The molecule has 19 heteroatoms. The van der Waals surface area contributed by atoms with E-state index in [-0.39, 0.29) is 25.7 Å². The first kappa shape index (κ1) is 98.0. The van der Waals surface area contributed by atoms with Gasteiger partial charge in [0.2, 0.25) is 0 Å². The highest BCUT2D eigenvalue weighted by Gasteiger charge is 2.30. The van der Waals surface area contributed by atoms with Crippen LogP contribution in [0.2, 0.25) is 0 Å². The zero-order valence-electron chi connectivity index (χ0n) is 64.5. The summed E-state index contributed by atoms with van der Waals surface area (Å²) in [6.45, 7) is 4.74. The molecule has 0 saturated heterocycles. The second-order valence-electron chi connectivity index (χ2n) is 27.0. The van der Waals surface area contributed by atoms with E-state index in [9.17, 15) is 43.2 Å². The highest BCUT2D eigenvalue weighted by Crippen LogP contribution is 2.45. The number of allylic oxidation sites excluding steroid dienone is 16. The van der Waals surface area contributed by atoms with Gasteiger partial charge < -0.3 is 33.8 Å². The van der Waals surface area contributed by atoms with Crippen LogP contribution in [-0.4, -0.2) is 96.7 Å². The lowest BCUT2D eigenvalue weighted by molar-refractivity contribution is -0.161. The van der Waals surface area contributed by atoms with Crippen molar-refractivity contribution in [1.82, 2.24) is 0 Å². The monoisotopic (exact) mass is 1480 g/mol. The Balaban J connectivity index is 5.36. The van der Waals surface area contributed by atoms with E-state index in [1.807, 2.05) is 0 Å². The molecule has 590 valence electrons. The molecule has 5 atom stereocenters. The molecule has 0 heterocycles. The van der Waals surface area contributed by atoms with E-state index in [2.05, 4.69) is 125 Å². The molecular weight excluding hydrogens is 1330 g/mol. The summed E-state index contributed by atoms with van der Waals surface area (Å²) in [7, 11) is -9.96. The van der Waals surface area contributed by atoms with Crippen molar-refractivity contribution in [2.45, 2.75) is 367 Å². The fourth-order valence-electron chi connectivity index (χ4n) is 10.8. The van der Waals surface area contributed by atoms with Crippen molar-refractivity contribution in [2.75, 3.05) is 39.6 Å². The molecule has 0 aliphatic rings. The molecule has 17 nitrogen and oxygen atoms in total. The third-order valence-corrected chi connectivity index (χ3v) is 18.9. The van der Waals surface area contributed by atoms with E-state index in [1.54, 1.807) is 0 Å². The van der Waals surface area contributed by atoms with Crippen molar-refractivity contribution in [3.63, 3.8) is 0 Å². The number of hydrogen-bond donors (Lipinski definition) is 3. The first-order valence-corrected chi connectivity index (χ1v) is 43.5. The van der Waals surface area contributed by atoms with Crippen molar-refractivity contribution in [1.29, 1.82) is 0 Å². The van der Waals surface area contributed by atoms with Crippen LogP contribution in [0.25, 0.3) is 0 Å². The fourth-order valence-corrected chi connectivity index (χ4v) is 12.3. The van der Waals surface area contributed by atoms with Gasteiger partial charge in [-0.2, -0.15) is 0 Å². The maximum Gasteiger partial charge on any atom is 0.472 e. The van der Waals surface area contributed by atoms with E-state index in [0.29, 0.717) is 25.7 Å². The molecule has 0 aliphatic heterocycles. The van der Waals surface area contributed by atoms with Crippen LogP contribution in [0.5, 0.6) is 0 Å². The quantitative estimate of drug-likeness (QED) is 0.0169. The van der Waals surface area contributed by atoms with Gasteiger partial charge in [-0.25, -0.2) is 9.13 Å². The van der Waals surface area contributed by atoms with Crippen molar-refractivity contribution < 1.29 is 80.2 Å². The van der Waals surface area contributed by atoms with Crippen LogP contribution in [0.1, 0.15) is 349 Å². The zero-order chi connectivity index (χ0) is 74.6. The fraction of sp³-hybridized carbons (Fsp3) is 0.759. The number of rotatable bonds is 76. The standard InChI is InChI=1S/C83H146O17P2/c1-5-9-13-17-21-25-29-33-36-37-38-39-42-45-48-52-56-60-64-68-81(86)94-74-79(100-83(88)70-66-62-58-54-50-46-41-35-31-27-23-19-15-11-7-3)76-98-102(91,92)96-72-77(84)71-95-101(89,90)97-75-78(99-82(87)69-65-61-57-53-49-43-32-28-24-20-16-12-8-4)73-93-80(85)67-63-59-55-51-47-44-40-34-30-26-22-18-14-10-6-2/h16,20-22,25-26,28,32-36,38-41,77-79,84H,5-15,17-19,23-24,27,29-31,37,42-76H2,1-4H3,(H,89,90)(H,91,92)/b20-16-,25-21-,26-22-,32-28-,36-33-,39-38-,40-34-,41-35-. The van der Waals surface area contributed by atoms with Gasteiger partial charge in [-0.15, -0.1) is 0 Å². The van der Waals surface area contributed by atoms with Gasteiger partial charge in [-0.1, -0.05) is 273 Å². The average Bonchev–Trinajstić information content (AvgIpc) is 0.944. The first-order chi connectivity index (χ1) is 49.7. The Labute approximate surface area is 620 Å². The topological polar surface area (TPSA) is 237 Å². The number of hydrogen-bond acceptors (Lipinski definition) is 15. The molecule has 0 bridgehead atoms. The maximum atomic E-state index is 13.1. The largest absolute Gasteiger partial charge is 0.472 e. The van der Waals surface area contributed by atoms with Crippen LogP contribution in [0.15, 0.2) is 97.2 Å². The number of aliphatic hydroxyl groups is 1. The lowest BCUT2D eigenvalue weighted by Gasteiger charge is -2.21. The predicted octanol–water partition coefficient (Wildman–Crippen LogP) is 23.6. The van der Waals surface area contributed by atoms with Crippen LogP contribution in [0, 0.1) is 0 Å². The number of ether oxygens (including phenoxy) is 4. The van der Waals surface area contributed by atoms with Crippen LogP contribution in [0.4, 0.5) is 0 Å². The molecule has 0 saturated carbocycles. The Hall–Kier alpha value is -4.02. The third-order valence-electron chi connectivity index (χ3n) is 17.0. The Morgan fingerprint density at radius 2 is 0.500 bits per heavy atom. The Morgan fingerprint density at radius 1 is 0.275 bits per heavy atom. The van der Waals surface area contributed by atoms with E-state index >= 15 is 0 Å². The summed E-state index contributed by atoms with van der Waals surface area (Å²) in [6, 6.07) is 0. The van der Waals surface area contributed by atoms with Gasteiger partial charge in [-0.05, 0) is 148 Å². The summed E-state index contributed by atoms with van der Waals surface area (Å²) in [5.41, 5.74) is 0. The molecule has 3 N–H and O–H groups in total. The van der Waals surface area contributed by atoms with E-state index < -0.39 is 97.5 Å². The van der Waals surface area contributed by atoms with Crippen molar-refractivity contribution in [3.8, 4) is 0 Å². The molecule has 102 heavy (non-hydrogen) atoms. The molecule has 0 aromatic carbocycles. The van der Waals surface area contributed by atoms with Crippen LogP contribution in [-0.2, 0) is 65.4 Å². The molecule has 0 rings (SSSR count). The summed E-state index contributed by atoms with van der Waals surface area (Å²) < 4.78 is 68.6. The Kier molecular flexibility index (Phi) is 72.3. The van der Waals surface area contributed by atoms with Crippen molar-refractivity contribution in [2.24, 2.45) is 0 Å². The highest BCUT2D eigenvalue weighted by atomic mass is 31.2. The Bertz CT molecular complexity index is 2310. The van der Waals surface area contributed by atoms with Gasteiger partial charge >= 0.3 is 39.5 Å². The van der Waals surface area contributed by atoms with Crippen molar-refractivity contribution >= 4 is 39.5 Å². The lowest BCUT2D eigenvalue weighted by Crippen LogP contribution is -2.30. The number of phosphoric ester groups is 2. The minimum absolute atomic E-state index is 0.0757. The molecule has 0 aliphatic carbocycles. The van der Waals surface area contributed by atoms with E-state index in [4.69, 9.17) is 37.0 Å². The smallest absolute Gasteiger partial charge is 0.462 e.